The highest BCUT2D eigenvalue weighted by Crippen LogP contribution is 2.32. The molecule has 3 nitrogen and oxygen atoms in total. The van der Waals surface area contributed by atoms with Crippen molar-refractivity contribution >= 4 is 27.6 Å². The van der Waals surface area contributed by atoms with Crippen LogP contribution >= 0.6 is 15.9 Å². The molecule has 102 valence electrons. The Kier molecular flexibility index (Phi) is 3.49. The number of anilines is 1. The molecule has 0 saturated carbocycles. The van der Waals surface area contributed by atoms with Gasteiger partial charge in [0.25, 0.3) is 0 Å². The molecule has 2 aromatic rings. The number of halogens is 1. The van der Waals surface area contributed by atoms with E-state index in [9.17, 15) is 0 Å². The largest absolute Gasteiger partial charge is 0.369 e. The Balaban J connectivity index is 1.99. The number of aliphatic imine (C=N–C) groups is 1. The van der Waals surface area contributed by atoms with E-state index in [2.05, 4.69) is 63.1 Å². The molecule has 2 aromatic carbocycles. The molecular weight excluding hydrogens is 314 g/mol. The highest BCUT2D eigenvalue weighted by Gasteiger charge is 2.28. The average molecular weight is 330 g/mol. The van der Waals surface area contributed by atoms with Gasteiger partial charge in [0.15, 0.2) is 5.96 Å². The van der Waals surface area contributed by atoms with E-state index in [0.29, 0.717) is 12.5 Å². The summed E-state index contributed by atoms with van der Waals surface area (Å²) in [6.07, 6.45) is 0. The van der Waals surface area contributed by atoms with Crippen molar-refractivity contribution in [3.8, 4) is 0 Å². The molecule has 0 aromatic heterocycles. The highest BCUT2D eigenvalue weighted by atomic mass is 79.9. The lowest BCUT2D eigenvalue weighted by molar-refractivity contribution is 0.767. The second-order valence-corrected chi connectivity index (χ2v) is 5.78. The Bertz CT molecular complexity index is 652. The summed E-state index contributed by atoms with van der Waals surface area (Å²) < 4.78 is 1.12. The molecule has 3 rings (SSSR count). The lowest BCUT2D eigenvalue weighted by Crippen LogP contribution is -2.36. The standard InChI is InChI=1S/C16H16BrN3/c1-11-9-12(7-8-14(11)17)15-10-19-16(18)20(15)13-5-3-2-4-6-13/h2-9,15H,10H2,1H3,(H2,18,19). The van der Waals surface area contributed by atoms with E-state index >= 15 is 0 Å². The zero-order chi connectivity index (χ0) is 14.1. The Hall–Kier alpha value is -1.81. The summed E-state index contributed by atoms with van der Waals surface area (Å²) in [5, 5.41) is 0. The summed E-state index contributed by atoms with van der Waals surface area (Å²) >= 11 is 3.54. The second-order valence-electron chi connectivity index (χ2n) is 4.93. The van der Waals surface area contributed by atoms with E-state index in [1.165, 1.54) is 11.1 Å². The first kappa shape index (κ1) is 13.2. The van der Waals surface area contributed by atoms with Crippen LogP contribution in [0.15, 0.2) is 58.0 Å². The summed E-state index contributed by atoms with van der Waals surface area (Å²) in [4.78, 5) is 6.51. The molecule has 0 radical (unpaired) electrons. The third kappa shape index (κ3) is 2.31. The van der Waals surface area contributed by atoms with Gasteiger partial charge in [0, 0.05) is 10.2 Å². The Morgan fingerprint density at radius 2 is 1.95 bits per heavy atom. The molecule has 1 aliphatic rings. The molecule has 0 spiro atoms. The van der Waals surface area contributed by atoms with E-state index in [1.807, 2.05) is 18.2 Å². The fraction of sp³-hybridized carbons (Fsp3) is 0.188. The first-order valence-corrected chi connectivity index (χ1v) is 7.36. The number of para-hydroxylation sites is 1. The highest BCUT2D eigenvalue weighted by molar-refractivity contribution is 9.10. The lowest BCUT2D eigenvalue weighted by atomic mass is 10.0. The maximum absolute atomic E-state index is 6.07. The number of rotatable bonds is 2. The fourth-order valence-corrected chi connectivity index (χ4v) is 2.77. The topological polar surface area (TPSA) is 41.6 Å². The predicted octanol–water partition coefficient (Wildman–Crippen LogP) is 3.63. The van der Waals surface area contributed by atoms with Gasteiger partial charge in [-0.05, 0) is 36.2 Å². The van der Waals surface area contributed by atoms with Crippen LogP contribution in [-0.2, 0) is 0 Å². The van der Waals surface area contributed by atoms with Crippen molar-refractivity contribution in [3.63, 3.8) is 0 Å². The minimum Gasteiger partial charge on any atom is -0.369 e. The van der Waals surface area contributed by atoms with Crippen LogP contribution in [0.2, 0.25) is 0 Å². The van der Waals surface area contributed by atoms with Gasteiger partial charge in [0.2, 0.25) is 0 Å². The SMILES string of the molecule is Cc1cc(C2CN=C(N)N2c2ccccc2)ccc1Br. The number of nitrogens with zero attached hydrogens (tertiary/aromatic N) is 2. The molecule has 0 amide bonds. The Morgan fingerprint density at radius 1 is 1.20 bits per heavy atom. The fourth-order valence-electron chi connectivity index (χ4n) is 2.53. The lowest BCUT2D eigenvalue weighted by Gasteiger charge is -2.27. The number of hydrogen-bond acceptors (Lipinski definition) is 3. The van der Waals surface area contributed by atoms with Gasteiger partial charge in [-0.3, -0.25) is 4.99 Å². The molecule has 2 N–H and O–H groups in total. The second kappa shape index (κ2) is 5.29. The van der Waals surface area contributed by atoms with Crippen LogP contribution < -0.4 is 10.6 Å². The minimum absolute atomic E-state index is 0.171. The summed E-state index contributed by atoms with van der Waals surface area (Å²) in [6, 6.07) is 16.7. The smallest absolute Gasteiger partial charge is 0.196 e. The predicted molar refractivity (Wildman–Crippen MR) is 87.0 cm³/mol. The van der Waals surface area contributed by atoms with Crippen LogP contribution in [-0.4, -0.2) is 12.5 Å². The maximum Gasteiger partial charge on any atom is 0.196 e. The molecule has 1 unspecified atom stereocenters. The molecule has 20 heavy (non-hydrogen) atoms. The molecule has 4 heteroatoms. The van der Waals surface area contributed by atoms with Crippen molar-refractivity contribution in [1.29, 1.82) is 0 Å². The molecule has 1 heterocycles. The Labute approximate surface area is 127 Å². The van der Waals surface area contributed by atoms with Crippen LogP contribution in [0.1, 0.15) is 17.2 Å². The van der Waals surface area contributed by atoms with Crippen LogP contribution in [0.4, 0.5) is 5.69 Å². The van der Waals surface area contributed by atoms with Gasteiger partial charge < -0.3 is 10.6 Å². The van der Waals surface area contributed by atoms with Crippen molar-refractivity contribution in [2.24, 2.45) is 10.7 Å². The van der Waals surface area contributed by atoms with Crippen LogP contribution in [0.3, 0.4) is 0 Å². The van der Waals surface area contributed by atoms with Crippen molar-refractivity contribution in [3.05, 3.63) is 64.1 Å². The average Bonchev–Trinajstić information content (AvgIpc) is 2.85. The van der Waals surface area contributed by atoms with Gasteiger partial charge in [0.1, 0.15) is 0 Å². The number of benzene rings is 2. The van der Waals surface area contributed by atoms with Crippen molar-refractivity contribution in [2.75, 3.05) is 11.4 Å². The van der Waals surface area contributed by atoms with Crippen LogP contribution in [0, 0.1) is 6.92 Å². The maximum atomic E-state index is 6.07. The Morgan fingerprint density at radius 3 is 2.65 bits per heavy atom. The van der Waals surface area contributed by atoms with Gasteiger partial charge in [-0.2, -0.15) is 0 Å². The molecular formula is C16H16BrN3. The van der Waals surface area contributed by atoms with E-state index in [1.54, 1.807) is 0 Å². The third-order valence-corrected chi connectivity index (χ3v) is 4.48. The first-order chi connectivity index (χ1) is 9.66. The van der Waals surface area contributed by atoms with Crippen molar-refractivity contribution in [2.45, 2.75) is 13.0 Å². The van der Waals surface area contributed by atoms with Gasteiger partial charge in [-0.1, -0.05) is 46.3 Å². The molecule has 0 aliphatic carbocycles. The number of nitrogens with two attached hydrogens (primary N) is 1. The number of aryl methyl sites for hydroxylation is 1. The van der Waals surface area contributed by atoms with Crippen LogP contribution in [0.5, 0.6) is 0 Å². The monoisotopic (exact) mass is 329 g/mol. The third-order valence-electron chi connectivity index (χ3n) is 3.59. The molecule has 1 aliphatic heterocycles. The van der Waals surface area contributed by atoms with Crippen molar-refractivity contribution in [1.82, 2.24) is 0 Å². The van der Waals surface area contributed by atoms with Crippen LogP contribution in [0.25, 0.3) is 0 Å². The zero-order valence-corrected chi connectivity index (χ0v) is 12.8. The molecule has 0 saturated heterocycles. The normalized spacial score (nSPS) is 18.2. The number of hydrogen-bond donors (Lipinski definition) is 1. The first-order valence-electron chi connectivity index (χ1n) is 6.57. The summed E-state index contributed by atoms with van der Waals surface area (Å²) in [5.41, 5.74) is 9.61. The summed E-state index contributed by atoms with van der Waals surface area (Å²) in [7, 11) is 0. The van der Waals surface area contributed by atoms with Gasteiger partial charge in [0.05, 0.1) is 12.6 Å². The number of guanidine groups is 1. The zero-order valence-electron chi connectivity index (χ0n) is 11.3. The molecule has 0 bridgehead atoms. The molecule has 1 atom stereocenters. The minimum atomic E-state index is 0.171. The van der Waals surface area contributed by atoms with E-state index in [4.69, 9.17) is 5.73 Å². The summed E-state index contributed by atoms with van der Waals surface area (Å²) in [5.74, 6) is 0.585. The quantitative estimate of drug-likeness (QED) is 0.913. The van der Waals surface area contributed by atoms with Gasteiger partial charge in [-0.15, -0.1) is 0 Å². The molecule has 0 fully saturated rings. The van der Waals surface area contributed by atoms with Crippen molar-refractivity contribution < 1.29 is 0 Å². The van der Waals surface area contributed by atoms with Gasteiger partial charge in [-0.25, -0.2) is 0 Å². The van der Waals surface area contributed by atoms with Gasteiger partial charge >= 0.3 is 0 Å². The summed E-state index contributed by atoms with van der Waals surface area (Å²) in [6.45, 7) is 2.79. The van der Waals surface area contributed by atoms with E-state index in [-0.39, 0.29) is 6.04 Å². The van der Waals surface area contributed by atoms with E-state index in [0.717, 1.165) is 10.2 Å². The van der Waals surface area contributed by atoms with E-state index < -0.39 is 0 Å².